The Morgan fingerprint density at radius 2 is 2.10 bits per heavy atom. The number of imide groups is 1. The number of nitrogens with zero attached hydrogens (tertiary/aromatic N) is 1. The molecule has 0 spiro atoms. The van der Waals surface area contributed by atoms with Gasteiger partial charge in [0.25, 0.3) is 5.91 Å². The Hall–Kier alpha value is -2.84. The number of carbonyl (C=O) groups excluding carboxylic acids is 2. The third-order valence-corrected chi connectivity index (χ3v) is 2.20. The molecule has 9 heteroatoms. The number of benzene rings is 1. The summed E-state index contributed by atoms with van der Waals surface area (Å²) in [6.45, 7) is -0.527. The van der Waals surface area contributed by atoms with Crippen LogP contribution in [-0.4, -0.2) is 37.6 Å². The molecule has 2 N–H and O–H groups in total. The maximum absolute atomic E-state index is 11.3. The maximum Gasteiger partial charge on any atom is 0.321 e. The normalized spacial score (nSPS) is 9.50. The van der Waals surface area contributed by atoms with E-state index in [2.05, 4.69) is 5.32 Å². The van der Waals surface area contributed by atoms with E-state index in [1.165, 1.54) is 32.4 Å². The molecule has 0 aliphatic carbocycles. The number of nitro benzene ring substituents is 1. The molecule has 0 heterocycles. The molecule has 0 bridgehead atoms. The number of hydrogen-bond donors (Lipinski definition) is 2. The minimum absolute atomic E-state index is 0.0946. The van der Waals surface area contributed by atoms with Crippen LogP contribution in [0.15, 0.2) is 18.2 Å². The summed E-state index contributed by atoms with van der Waals surface area (Å²) >= 11 is 0. The molecule has 0 atom stereocenters. The summed E-state index contributed by atoms with van der Waals surface area (Å²) in [5.74, 6) is -0.531. The van der Waals surface area contributed by atoms with Crippen molar-refractivity contribution in [3.63, 3.8) is 0 Å². The fourth-order valence-corrected chi connectivity index (χ4v) is 1.26. The fraction of sp³-hybridized carbons (Fsp3) is 0.273. The Balaban J connectivity index is 2.75. The SMILES string of the molecule is CNC(=O)NC(=O)COc1ccc(OC)cc1[N+](=O)[O-]. The molecule has 1 aromatic rings. The van der Waals surface area contributed by atoms with Crippen molar-refractivity contribution < 1.29 is 24.0 Å². The first-order valence-corrected chi connectivity index (χ1v) is 5.44. The molecule has 108 valence electrons. The molecule has 3 amide bonds. The van der Waals surface area contributed by atoms with E-state index in [4.69, 9.17) is 9.47 Å². The molecule has 0 saturated carbocycles. The van der Waals surface area contributed by atoms with E-state index in [9.17, 15) is 19.7 Å². The molecule has 0 radical (unpaired) electrons. The summed E-state index contributed by atoms with van der Waals surface area (Å²) in [4.78, 5) is 32.4. The molecule has 0 fully saturated rings. The summed E-state index contributed by atoms with van der Waals surface area (Å²) in [5.41, 5.74) is -0.336. The molecular formula is C11H13N3O6. The number of rotatable bonds is 5. The third-order valence-electron chi connectivity index (χ3n) is 2.20. The van der Waals surface area contributed by atoms with Gasteiger partial charge in [-0.15, -0.1) is 0 Å². The molecule has 20 heavy (non-hydrogen) atoms. The average Bonchev–Trinajstić information content (AvgIpc) is 2.44. The summed E-state index contributed by atoms with van der Waals surface area (Å²) in [6.07, 6.45) is 0. The van der Waals surface area contributed by atoms with Gasteiger partial charge >= 0.3 is 11.7 Å². The van der Waals surface area contributed by atoms with E-state index in [1.807, 2.05) is 5.32 Å². The predicted octanol–water partition coefficient (Wildman–Crippen LogP) is 0.438. The number of urea groups is 1. The number of amides is 3. The number of ether oxygens (including phenoxy) is 2. The second kappa shape index (κ2) is 6.92. The zero-order chi connectivity index (χ0) is 15.1. The average molecular weight is 283 g/mol. The summed E-state index contributed by atoms with van der Waals surface area (Å²) in [6, 6.07) is 3.25. The van der Waals surface area contributed by atoms with Gasteiger partial charge in [-0.3, -0.25) is 20.2 Å². The molecule has 1 rings (SSSR count). The fourth-order valence-electron chi connectivity index (χ4n) is 1.26. The first-order chi connectivity index (χ1) is 9.47. The van der Waals surface area contributed by atoms with Gasteiger partial charge < -0.3 is 14.8 Å². The van der Waals surface area contributed by atoms with Crippen molar-refractivity contribution in [3.05, 3.63) is 28.3 Å². The van der Waals surface area contributed by atoms with Gasteiger partial charge in [0, 0.05) is 7.05 Å². The predicted molar refractivity (Wildman–Crippen MR) is 67.7 cm³/mol. The van der Waals surface area contributed by atoms with Crippen LogP contribution < -0.4 is 20.1 Å². The van der Waals surface area contributed by atoms with Crippen LogP contribution in [0.25, 0.3) is 0 Å². The second-order valence-corrected chi connectivity index (χ2v) is 3.51. The van der Waals surface area contributed by atoms with Crippen LogP contribution in [0.4, 0.5) is 10.5 Å². The van der Waals surface area contributed by atoms with Gasteiger partial charge in [-0.1, -0.05) is 0 Å². The summed E-state index contributed by atoms with van der Waals surface area (Å²) in [5, 5.41) is 15.0. The maximum atomic E-state index is 11.3. The van der Waals surface area contributed by atoms with Crippen LogP contribution in [0, 0.1) is 10.1 Å². The van der Waals surface area contributed by atoms with Crippen LogP contribution in [-0.2, 0) is 4.79 Å². The van der Waals surface area contributed by atoms with Crippen molar-refractivity contribution in [2.24, 2.45) is 0 Å². The Bertz CT molecular complexity index is 531. The standard InChI is InChI=1S/C11H13N3O6/c1-12-11(16)13-10(15)6-20-9-4-3-7(19-2)5-8(9)14(17)18/h3-5H,6H2,1-2H3,(H2,12,13,15,16). The van der Waals surface area contributed by atoms with Gasteiger partial charge in [0.2, 0.25) is 0 Å². The van der Waals surface area contributed by atoms with E-state index >= 15 is 0 Å². The van der Waals surface area contributed by atoms with Gasteiger partial charge in [0.05, 0.1) is 18.1 Å². The number of nitro groups is 1. The van der Waals surface area contributed by atoms with E-state index in [0.29, 0.717) is 5.75 Å². The van der Waals surface area contributed by atoms with Gasteiger partial charge in [-0.05, 0) is 12.1 Å². The van der Waals surface area contributed by atoms with Gasteiger partial charge in [0.15, 0.2) is 12.4 Å². The van der Waals surface area contributed by atoms with Gasteiger partial charge in [-0.25, -0.2) is 4.79 Å². The molecule has 1 aromatic carbocycles. The van der Waals surface area contributed by atoms with Crippen molar-refractivity contribution in [2.45, 2.75) is 0 Å². The van der Waals surface area contributed by atoms with Crippen molar-refractivity contribution in [1.29, 1.82) is 0 Å². The van der Waals surface area contributed by atoms with Crippen LogP contribution in [0.1, 0.15) is 0 Å². The lowest BCUT2D eigenvalue weighted by atomic mass is 10.3. The van der Waals surface area contributed by atoms with Crippen molar-refractivity contribution in [2.75, 3.05) is 20.8 Å². The van der Waals surface area contributed by atoms with Crippen molar-refractivity contribution in [1.82, 2.24) is 10.6 Å². The lowest BCUT2D eigenvalue weighted by Crippen LogP contribution is -2.39. The largest absolute Gasteiger partial charge is 0.496 e. The van der Waals surface area contributed by atoms with Crippen molar-refractivity contribution in [3.8, 4) is 11.5 Å². The number of methoxy groups -OCH3 is 1. The van der Waals surface area contributed by atoms with E-state index in [0.717, 1.165) is 0 Å². The van der Waals surface area contributed by atoms with E-state index < -0.39 is 23.5 Å². The minimum atomic E-state index is -0.727. The molecule has 0 aliphatic heterocycles. The zero-order valence-electron chi connectivity index (χ0n) is 10.8. The van der Waals surface area contributed by atoms with E-state index in [1.54, 1.807) is 0 Å². The first-order valence-electron chi connectivity index (χ1n) is 5.44. The van der Waals surface area contributed by atoms with Crippen LogP contribution in [0.5, 0.6) is 11.5 Å². The second-order valence-electron chi connectivity index (χ2n) is 3.51. The molecule has 0 aromatic heterocycles. The zero-order valence-corrected chi connectivity index (χ0v) is 10.8. The molecule has 0 unspecified atom stereocenters. The summed E-state index contributed by atoms with van der Waals surface area (Å²) in [7, 11) is 2.72. The third kappa shape index (κ3) is 4.12. The Labute approximate surface area is 114 Å². The Morgan fingerprint density at radius 3 is 2.65 bits per heavy atom. The highest BCUT2D eigenvalue weighted by Crippen LogP contribution is 2.30. The first kappa shape index (κ1) is 15.2. The van der Waals surface area contributed by atoms with Crippen molar-refractivity contribution >= 4 is 17.6 Å². The van der Waals surface area contributed by atoms with Gasteiger partial charge in [0.1, 0.15) is 5.75 Å². The smallest absolute Gasteiger partial charge is 0.321 e. The quantitative estimate of drug-likeness (QED) is 0.597. The molecule has 9 nitrogen and oxygen atoms in total. The Morgan fingerprint density at radius 1 is 1.40 bits per heavy atom. The monoisotopic (exact) mass is 283 g/mol. The minimum Gasteiger partial charge on any atom is -0.496 e. The number of nitrogens with one attached hydrogen (secondary N) is 2. The highest BCUT2D eigenvalue weighted by Gasteiger charge is 2.18. The summed E-state index contributed by atoms with van der Waals surface area (Å²) < 4.78 is 9.88. The van der Waals surface area contributed by atoms with Crippen LogP contribution in [0.2, 0.25) is 0 Å². The molecule has 0 aliphatic rings. The Kier molecular flexibility index (Phi) is 5.27. The van der Waals surface area contributed by atoms with Crippen LogP contribution >= 0.6 is 0 Å². The van der Waals surface area contributed by atoms with E-state index in [-0.39, 0.29) is 11.4 Å². The number of hydrogen-bond acceptors (Lipinski definition) is 6. The highest BCUT2D eigenvalue weighted by atomic mass is 16.6. The highest BCUT2D eigenvalue weighted by molar-refractivity contribution is 5.94. The number of carbonyl (C=O) groups is 2. The van der Waals surface area contributed by atoms with Crippen LogP contribution in [0.3, 0.4) is 0 Å². The molecule has 0 saturated heterocycles. The molecular weight excluding hydrogens is 270 g/mol. The topological polar surface area (TPSA) is 120 Å². The lowest BCUT2D eigenvalue weighted by Gasteiger charge is -2.08. The van der Waals surface area contributed by atoms with Gasteiger partial charge in [-0.2, -0.15) is 0 Å². The lowest BCUT2D eigenvalue weighted by molar-refractivity contribution is -0.385.